The summed E-state index contributed by atoms with van der Waals surface area (Å²) in [6.07, 6.45) is 11.4. The van der Waals surface area contributed by atoms with Crippen LogP contribution in [-0.2, 0) is 12.8 Å². The third-order valence-electron chi connectivity index (χ3n) is 2.39. The molecule has 0 saturated heterocycles. The zero-order chi connectivity index (χ0) is 9.10. The van der Waals surface area contributed by atoms with Crippen molar-refractivity contribution in [3.63, 3.8) is 0 Å². The van der Waals surface area contributed by atoms with Gasteiger partial charge in [-0.15, -0.1) is 6.58 Å². The average Bonchev–Trinajstić information content (AvgIpc) is 2.19. The Hall–Kier alpha value is -1.37. The fourth-order valence-electron chi connectivity index (χ4n) is 1.75. The van der Waals surface area contributed by atoms with E-state index in [1.165, 1.54) is 11.1 Å². The Morgan fingerprint density at radius 1 is 1.54 bits per heavy atom. The Morgan fingerprint density at radius 3 is 3.31 bits per heavy atom. The summed E-state index contributed by atoms with van der Waals surface area (Å²) in [5.74, 6) is 0. The van der Waals surface area contributed by atoms with Crippen LogP contribution in [0.15, 0.2) is 31.0 Å². The van der Waals surface area contributed by atoms with Crippen molar-refractivity contribution in [1.82, 2.24) is 4.98 Å². The SMILES string of the molecule is C=CCc1ccnc2c1CCC=C2. The van der Waals surface area contributed by atoms with Gasteiger partial charge in [-0.05, 0) is 42.5 Å². The second-order valence-electron chi connectivity index (χ2n) is 3.27. The van der Waals surface area contributed by atoms with Crippen LogP contribution in [0.4, 0.5) is 0 Å². The molecule has 0 fully saturated rings. The molecule has 1 aromatic heterocycles. The predicted octanol–water partition coefficient (Wildman–Crippen LogP) is 2.77. The highest BCUT2D eigenvalue weighted by Gasteiger charge is 2.08. The molecule has 0 radical (unpaired) electrons. The van der Waals surface area contributed by atoms with E-state index in [1.54, 1.807) is 0 Å². The molecule has 0 aromatic carbocycles. The Bertz CT molecular complexity index is 350. The summed E-state index contributed by atoms with van der Waals surface area (Å²) in [4.78, 5) is 4.34. The first kappa shape index (κ1) is 8.24. The van der Waals surface area contributed by atoms with Crippen LogP contribution in [0.2, 0.25) is 0 Å². The van der Waals surface area contributed by atoms with Gasteiger partial charge in [0, 0.05) is 6.20 Å². The molecule has 66 valence electrons. The van der Waals surface area contributed by atoms with E-state index in [9.17, 15) is 0 Å². The molecular formula is C12H13N. The lowest BCUT2D eigenvalue weighted by Gasteiger charge is -2.12. The Kier molecular flexibility index (Phi) is 2.26. The maximum Gasteiger partial charge on any atom is 0.0661 e. The molecule has 2 rings (SSSR count). The summed E-state index contributed by atoms with van der Waals surface area (Å²) in [7, 11) is 0. The van der Waals surface area contributed by atoms with Crippen LogP contribution in [0.25, 0.3) is 6.08 Å². The normalized spacial score (nSPS) is 13.8. The van der Waals surface area contributed by atoms with Gasteiger partial charge in [0.2, 0.25) is 0 Å². The number of hydrogen-bond donors (Lipinski definition) is 0. The van der Waals surface area contributed by atoms with Crippen molar-refractivity contribution < 1.29 is 0 Å². The molecule has 0 bridgehead atoms. The van der Waals surface area contributed by atoms with Gasteiger partial charge in [-0.2, -0.15) is 0 Å². The summed E-state index contributed by atoms with van der Waals surface area (Å²) in [5.41, 5.74) is 3.93. The molecule has 0 saturated carbocycles. The lowest BCUT2D eigenvalue weighted by atomic mass is 9.95. The summed E-state index contributed by atoms with van der Waals surface area (Å²) >= 11 is 0. The van der Waals surface area contributed by atoms with Crippen LogP contribution in [0, 0.1) is 0 Å². The van der Waals surface area contributed by atoms with Gasteiger partial charge in [0.25, 0.3) is 0 Å². The van der Waals surface area contributed by atoms with Gasteiger partial charge in [0.05, 0.1) is 5.69 Å². The number of hydrogen-bond acceptors (Lipinski definition) is 1. The molecule has 0 aliphatic heterocycles. The lowest BCUT2D eigenvalue weighted by Crippen LogP contribution is -2.01. The van der Waals surface area contributed by atoms with E-state index in [-0.39, 0.29) is 0 Å². The summed E-state index contributed by atoms with van der Waals surface area (Å²) in [5, 5.41) is 0. The van der Waals surface area contributed by atoms with Crippen molar-refractivity contribution in [2.45, 2.75) is 19.3 Å². The zero-order valence-electron chi connectivity index (χ0n) is 7.66. The van der Waals surface area contributed by atoms with Crippen molar-refractivity contribution >= 4 is 6.08 Å². The molecule has 1 heteroatoms. The van der Waals surface area contributed by atoms with E-state index in [1.807, 2.05) is 12.3 Å². The number of fused-ring (bicyclic) bond motifs is 1. The van der Waals surface area contributed by atoms with Gasteiger partial charge in [-0.1, -0.05) is 12.2 Å². The highest BCUT2D eigenvalue weighted by molar-refractivity contribution is 5.54. The van der Waals surface area contributed by atoms with Gasteiger partial charge in [0.1, 0.15) is 0 Å². The van der Waals surface area contributed by atoms with E-state index in [2.05, 4.69) is 29.8 Å². The molecule has 0 N–H and O–H groups in total. The third kappa shape index (κ3) is 1.55. The minimum atomic E-state index is 0.957. The highest BCUT2D eigenvalue weighted by Crippen LogP contribution is 2.21. The molecular weight excluding hydrogens is 158 g/mol. The molecule has 0 unspecified atom stereocenters. The predicted molar refractivity (Wildman–Crippen MR) is 55.5 cm³/mol. The van der Waals surface area contributed by atoms with Crippen LogP contribution in [0.3, 0.4) is 0 Å². The Labute approximate surface area is 78.8 Å². The van der Waals surface area contributed by atoms with Crippen LogP contribution >= 0.6 is 0 Å². The van der Waals surface area contributed by atoms with E-state index in [0.29, 0.717) is 0 Å². The first-order chi connectivity index (χ1) is 6.42. The minimum absolute atomic E-state index is 0.957. The van der Waals surface area contributed by atoms with Gasteiger partial charge in [-0.25, -0.2) is 0 Å². The topological polar surface area (TPSA) is 12.9 Å². The monoisotopic (exact) mass is 171 g/mol. The molecule has 13 heavy (non-hydrogen) atoms. The minimum Gasteiger partial charge on any atom is -0.257 e. The number of rotatable bonds is 2. The number of allylic oxidation sites excluding steroid dienone is 2. The summed E-state index contributed by atoms with van der Waals surface area (Å²) < 4.78 is 0. The quantitative estimate of drug-likeness (QED) is 0.623. The highest BCUT2D eigenvalue weighted by atomic mass is 14.7. The molecule has 0 atom stereocenters. The zero-order valence-corrected chi connectivity index (χ0v) is 7.66. The number of nitrogens with zero attached hydrogens (tertiary/aromatic N) is 1. The number of pyridine rings is 1. The van der Waals surface area contributed by atoms with Crippen LogP contribution in [0.5, 0.6) is 0 Å². The van der Waals surface area contributed by atoms with Gasteiger partial charge < -0.3 is 0 Å². The largest absolute Gasteiger partial charge is 0.257 e. The Balaban J connectivity index is 2.46. The second-order valence-corrected chi connectivity index (χ2v) is 3.27. The summed E-state index contributed by atoms with van der Waals surface area (Å²) in [6, 6.07) is 2.10. The molecule has 1 nitrogen and oxygen atoms in total. The van der Waals surface area contributed by atoms with Crippen LogP contribution in [-0.4, -0.2) is 4.98 Å². The van der Waals surface area contributed by atoms with Crippen molar-refractivity contribution in [2.24, 2.45) is 0 Å². The van der Waals surface area contributed by atoms with E-state index < -0.39 is 0 Å². The van der Waals surface area contributed by atoms with Crippen LogP contribution in [0.1, 0.15) is 23.2 Å². The molecule has 0 amide bonds. The number of aromatic nitrogens is 1. The molecule has 1 aliphatic rings. The Morgan fingerprint density at radius 2 is 2.46 bits per heavy atom. The van der Waals surface area contributed by atoms with Crippen molar-refractivity contribution in [1.29, 1.82) is 0 Å². The first-order valence-electron chi connectivity index (χ1n) is 4.66. The molecule has 1 aliphatic carbocycles. The standard InChI is InChI=1S/C12H13N/c1-2-5-10-8-9-13-12-7-4-3-6-11(10)12/h2,4,7-9H,1,3,5-6H2. The van der Waals surface area contributed by atoms with Gasteiger partial charge in [0.15, 0.2) is 0 Å². The van der Waals surface area contributed by atoms with E-state index in [4.69, 9.17) is 0 Å². The smallest absolute Gasteiger partial charge is 0.0661 e. The van der Waals surface area contributed by atoms with E-state index >= 15 is 0 Å². The van der Waals surface area contributed by atoms with Crippen molar-refractivity contribution in [3.05, 3.63) is 47.8 Å². The average molecular weight is 171 g/mol. The van der Waals surface area contributed by atoms with Crippen molar-refractivity contribution in [3.8, 4) is 0 Å². The molecule has 0 spiro atoms. The first-order valence-corrected chi connectivity index (χ1v) is 4.66. The van der Waals surface area contributed by atoms with Gasteiger partial charge in [-0.3, -0.25) is 4.98 Å². The third-order valence-corrected chi connectivity index (χ3v) is 2.39. The molecule has 1 heterocycles. The fraction of sp³-hybridized carbons (Fsp3) is 0.250. The maximum atomic E-state index is 4.34. The van der Waals surface area contributed by atoms with Crippen molar-refractivity contribution in [2.75, 3.05) is 0 Å². The van der Waals surface area contributed by atoms with Crippen LogP contribution < -0.4 is 0 Å². The summed E-state index contributed by atoms with van der Waals surface area (Å²) in [6.45, 7) is 3.77. The van der Waals surface area contributed by atoms with E-state index in [0.717, 1.165) is 25.0 Å². The molecule has 1 aromatic rings. The van der Waals surface area contributed by atoms with Gasteiger partial charge >= 0.3 is 0 Å². The fourth-order valence-corrected chi connectivity index (χ4v) is 1.75. The maximum absolute atomic E-state index is 4.34. The lowest BCUT2D eigenvalue weighted by molar-refractivity contribution is 0.938. The second kappa shape index (κ2) is 3.56.